The van der Waals surface area contributed by atoms with E-state index in [-0.39, 0.29) is 23.4 Å². The molecular weight excluding hydrogens is 360 g/mol. The summed E-state index contributed by atoms with van der Waals surface area (Å²) in [6.45, 7) is 2.63. The number of aliphatic hydroxyl groups is 1. The molecular formula is C20H28N4O4. The number of pyridine rings is 1. The fraction of sp³-hybridized carbons (Fsp3) is 0.600. The minimum atomic E-state index is -0.738. The average molecular weight is 388 g/mol. The second kappa shape index (κ2) is 8.68. The van der Waals surface area contributed by atoms with Gasteiger partial charge in [-0.1, -0.05) is 6.92 Å². The van der Waals surface area contributed by atoms with Crippen LogP contribution in [-0.4, -0.2) is 51.4 Å². The van der Waals surface area contributed by atoms with Gasteiger partial charge < -0.3 is 21.1 Å². The Morgan fingerprint density at radius 3 is 2.54 bits per heavy atom. The molecule has 1 aliphatic heterocycles. The molecule has 1 saturated heterocycles. The van der Waals surface area contributed by atoms with E-state index < -0.39 is 17.7 Å². The van der Waals surface area contributed by atoms with Gasteiger partial charge in [0.15, 0.2) is 0 Å². The van der Waals surface area contributed by atoms with Crippen LogP contribution in [0.15, 0.2) is 18.5 Å². The Kier molecular flexibility index (Phi) is 6.28. The Bertz CT molecular complexity index is 745. The molecule has 1 aromatic heterocycles. The molecule has 28 heavy (non-hydrogen) atoms. The van der Waals surface area contributed by atoms with Crippen molar-refractivity contribution in [2.45, 2.75) is 57.6 Å². The van der Waals surface area contributed by atoms with Crippen molar-refractivity contribution >= 4 is 23.4 Å². The SMILES string of the molecule is C[C@@H]1CC[C@@H]([C@H]2CC[C@H](O)CC2)N(C(=O)C(=O)Nc2cncc(C(N)=O)c2)C1. The quantitative estimate of drug-likeness (QED) is 0.673. The van der Waals surface area contributed by atoms with Crippen molar-refractivity contribution in [1.82, 2.24) is 9.88 Å². The van der Waals surface area contributed by atoms with Gasteiger partial charge >= 0.3 is 11.8 Å². The number of nitrogens with zero attached hydrogens (tertiary/aromatic N) is 2. The second-order valence-electron chi connectivity index (χ2n) is 8.06. The fourth-order valence-electron chi connectivity index (χ4n) is 4.34. The van der Waals surface area contributed by atoms with Crippen LogP contribution in [-0.2, 0) is 9.59 Å². The van der Waals surface area contributed by atoms with Crippen LogP contribution in [0.1, 0.15) is 55.8 Å². The van der Waals surface area contributed by atoms with E-state index in [1.807, 2.05) is 0 Å². The molecule has 1 saturated carbocycles. The molecule has 2 fully saturated rings. The molecule has 8 nitrogen and oxygen atoms in total. The number of amides is 3. The van der Waals surface area contributed by atoms with Gasteiger partial charge in [-0.2, -0.15) is 0 Å². The predicted molar refractivity (Wildman–Crippen MR) is 103 cm³/mol. The maximum absolute atomic E-state index is 12.9. The summed E-state index contributed by atoms with van der Waals surface area (Å²) < 4.78 is 0. The highest BCUT2D eigenvalue weighted by molar-refractivity contribution is 6.39. The number of anilines is 1. The van der Waals surface area contributed by atoms with Gasteiger partial charge in [0.2, 0.25) is 5.91 Å². The van der Waals surface area contributed by atoms with Crippen molar-refractivity contribution in [3.05, 3.63) is 24.0 Å². The Labute approximate surface area is 164 Å². The van der Waals surface area contributed by atoms with Gasteiger partial charge in [0.1, 0.15) is 0 Å². The van der Waals surface area contributed by atoms with Gasteiger partial charge in [-0.3, -0.25) is 19.4 Å². The zero-order valence-corrected chi connectivity index (χ0v) is 16.1. The number of nitrogens with one attached hydrogen (secondary N) is 1. The number of piperidine rings is 1. The minimum absolute atomic E-state index is 0.0250. The number of hydrogen-bond acceptors (Lipinski definition) is 5. The van der Waals surface area contributed by atoms with Crippen molar-refractivity contribution < 1.29 is 19.5 Å². The largest absolute Gasteiger partial charge is 0.393 e. The number of primary amides is 1. The molecule has 0 radical (unpaired) electrons. The Hall–Kier alpha value is -2.48. The molecule has 2 heterocycles. The molecule has 0 aromatic carbocycles. The molecule has 3 amide bonds. The normalized spacial score (nSPS) is 27.9. The van der Waals surface area contributed by atoms with E-state index in [9.17, 15) is 19.5 Å². The maximum atomic E-state index is 12.9. The summed E-state index contributed by atoms with van der Waals surface area (Å²) in [6, 6.07) is 1.43. The Morgan fingerprint density at radius 2 is 1.86 bits per heavy atom. The lowest BCUT2D eigenvalue weighted by Gasteiger charge is -2.44. The fourth-order valence-corrected chi connectivity index (χ4v) is 4.34. The lowest BCUT2D eigenvalue weighted by molar-refractivity contribution is -0.148. The average Bonchev–Trinajstić information content (AvgIpc) is 2.68. The molecule has 0 unspecified atom stereocenters. The van der Waals surface area contributed by atoms with Crippen LogP contribution in [0.25, 0.3) is 0 Å². The number of hydrogen-bond donors (Lipinski definition) is 3. The highest BCUT2D eigenvalue weighted by atomic mass is 16.3. The van der Waals surface area contributed by atoms with E-state index in [0.717, 1.165) is 38.5 Å². The van der Waals surface area contributed by atoms with Gasteiger partial charge in [0.05, 0.1) is 23.6 Å². The molecule has 152 valence electrons. The van der Waals surface area contributed by atoms with Crippen LogP contribution in [0.5, 0.6) is 0 Å². The van der Waals surface area contributed by atoms with Crippen molar-refractivity contribution in [3.63, 3.8) is 0 Å². The van der Waals surface area contributed by atoms with E-state index in [1.165, 1.54) is 18.5 Å². The zero-order valence-electron chi connectivity index (χ0n) is 16.1. The van der Waals surface area contributed by atoms with Gasteiger partial charge in [-0.05, 0) is 56.4 Å². The van der Waals surface area contributed by atoms with Gasteiger partial charge in [0, 0.05) is 18.8 Å². The third kappa shape index (κ3) is 4.67. The molecule has 1 aromatic rings. The third-order valence-corrected chi connectivity index (χ3v) is 5.89. The molecule has 3 rings (SSSR count). The van der Waals surface area contributed by atoms with Crippen molar-refractivity contribution in [2.24, 2.45) is 17.6 Å². The zero-order chi connectivity index (χ0) is 20.3. The van der Waals surface area contributed by atoms with E-state index in [4.69, 9.17) is 5.73 Å². The summed E-state index contributed by atoms with van der Waals surface area (Å²) in [5.74, 6) is -1.31. The summed E-state index contributed by atoms with van der Waals surface area (Å²) in [5, 5.41) is 12.3. The smallest absolute Gasteiger partial charge is 0.313 e. The number of aliphatic hydroxyl groups excluding tert-OH is 1. The van der Waals surface area contributed by atoms with Crippen LogP contribution in [0, 0.1) is 11.8 Å². The molecule has 1 aliphatic carbocycles. The van der Waals surface area contributed by atoms with Crippen LogP contribution in [0.4, 0.5) is 5.69 Å². The lowest BCUT2D eigenvalue weighted by Crippen LogP contribution is -2.53. The highest BCUT2D eigenvalue weighted by Crippen LogP contribution is 2.35. The third-order valence-electron chi connectivity index (χ3n) is 5.89. The summed E-state index contributed by atoms with van der Waals surface area (Å²) in [6.07, 6.45) is 7.56. The van der Waals surface area contributed by atoms with Crippen molar-refractivity contribution in [2.75, 3.05) is 11.9 Å². The first-order valence-electron chi connectivity index (χ1n) is 9.90. The van der Waals surface area contributed by atoms with Crippen LogP contribution in [0.3, 0.4) is 0 Å². The summed E-state index contributed by atoms with van der Waals surface area (Å²) in [7, 11) is 0. The molecule has 0 spiro atoms. The van der Waals surface area contributed by atoms with Gasteiger partial charge in [-0.25, -0.2) is 0 Å². The van der Waals surface area contributed by atoms with Gasteiger partial charge in [0.25, 0.3) is 0 Å². The number of nitrogens with two attached hydrogens (primary N) is 1. The standard InChI is InChI=1S/C20H28N4O4/c1-12-2-7-17(13-3-5-16(25)6-4-13)24(11-12)20(28)19(27)23-15-8-14(18(21)26)9-22-10-15/h8-10,12-13,16-17,25H,2-7,11H2,1H3,(H2,21,26)(H,23,27)/t12-,13-,16-,17+/m1/s1. The Morgan fingerprint density at radius 1 is 1.14 bits per heavy atom. The maximum Gasteiger partial charge on any atom is 0.313 e. The van der Waals surface area contributed by atoms with E-state index in [0.29, 0.717) is 18.4 Å². The monoisotopic (exact) mass is 388 g/mol. The van der Waals surface area contributed by atoms with Crippen LogP contribution >= 0.6 is 0 Å². The highest BCUT2D eigenvalue weighted by Gasteiger charge is 2.38. The van der Waals surface area contributed by atoms with Crippen LogP contribution in [0.2, 0.25) is 0 Å². The summed E-state index contributed by atoms with van der Waals surface area (Å²) in [4.78, 5) is 42.4. The minimum Gasteiger partial charge on any atom is -0.393 e. The van der Waals surface area contributed by atoms with Crippen LogP contribution < -0.4 is 11.1 Å². The summed E-state index contributed by atoms with van der Waals surface area (Å²) in [5.41, 5.74) is 5.65. The number of rotatable bonds is 3. The molecule has 8 heteroatoms. The Balaban J connectivity index is 1.71. The van der Waals surface area contributed by atoms with E-state index in [2.05, 4.69) is 17.2 Å². The molecule has 0 bridgehead atoms. The second-order valence-corrected chi connectivity index (χ2v) is 8.06. The molecule has 4 N–H and O–H groups in total. The predicted octanol–water partition coefficient (Wildman–Crippen LogP) is 1.30. The summed E-state index contributed by atoms with van der Waals surface area (Å²) >= 11 is 0. The van der Waals surface area contributed by atoms with Crippen molar-refractivity contribution in [1.29, 1.82) is 0 Å². The molecule has 2 aliphatic rings. The topological polar surface area (TPSA) is 126 Å². The lowest BCUT2D eigenvalue weighted by atomic mass is 9.77. The number of aromatic nitrogens is 1. The first-order chi connectivity index (χ1) is 13.3. The number of carbonyl (C=O) groups excluding carboxylic acids is 3. The van der Waals surface area contributed by atoms with Gasteiger partial charge in [-0.15, -0.1) is 0 Å². The van der Waals surface area contributed by atoms with Crippen molar-refractivity contribution in [3.8, 4) is 0 Å². The number of likely N-dealkylation sites (tertiary alicyclic amines) is 1. The first kappa shape index (κ1) is 20.3. The number of carbonyl (C=O) groups is 3. The van der Waals surface area contributed by atoms with E-state index >= 15 is 0 Å². The van der Waals surface area contributed by atoms with E-state index in [1.54, 1.807) is 4.90 Å². The molecule has 2 atom stereocenters. The first-order valence-corrected chi connectivity index (χ1v) is 9.90.